The standard InChI is InChI=1S/C24H30N2O3.ClH/c1-28-23-14-19(8-10-22(23)29-17-24(27)26-11-2-3-12-26)16-25-15-18-7-9-20-5-4-6-21(20)13-18;/h7-10,13-14,25H,2-6,11-12,15-17H2,1H3;1H. The number of likely N-dealkylation sites (tertiary alicyclic amines) is 1. The van der Waals surface area contributed by atoms with E-state index in [2.05, 4.69) is 23.5 Å². The van der Waals surface area contributed by atoms with Gasteiger partial charge in [-0.2, -0.15) is 0 Å². The Bertz CT molecular complexity index is 866. The molecule has 1 aliphatic carbocycles. The van der Waals surface area contributed by atoms with Gasteiger partial charge in [-0.05, 0) is 66.5 Å². The number of nitrogens with one attached hydrogen (secondary N) is 1. The second-order valence-corrected chi connectivity index (χ2v) is 7.92. The lowest BCUT2D eigenvalue weighted by molar-refractivity contribution is -0.132. The Morgan fingerprint density at radius 3 is 2.40 bits per heavy atom. The van der Waals surface area contributed by atoms with Gasteiger partial charge in [-0.25, -0.2) is 0 Å². The number of amides is 1. The van der Waals surface area contributed by atoms with Crippen LogP contribution >= 0.6 is 12.4 Å². The predicted octanol–water partition coefficient (Wildman–Crippen LogP) is 3.90. The lowest BCUT2D eigenvalue weighted by Gasteiger charge is -2.17. The van der Waals surface area contributed by atoms with Gasteiger partial charge in [0.05, 0.1) is 7.11 Å². The highest BCUT2D eigenvalue weighted by molar-refractivity contribution is 5.85. The third-order valence-electron chi connectivity index (χ3n) is 5.86. The van der Waals surface area contributed by atoms with E-state index in [0.29, 0.717) is 11.5 Å². The zero-order valence-corrected chi connectivity index (χ0v) is 18.4. The van der Waals surface area contributed by atoms with Crippen LogP contribution in [0.3, 0.4) is 0 Å². The molecule has 4 rings (SSSR count). The third-order valence-corrected chi connectivity index (χ3v) is 5.86. The highest BCUT2D eigenvalue weighted by Crippen LogP contribution is 2.28. The van der Waals surface area contributed by atoms with Crippen molar-refractivity contribution < 1.29 is 14.3 Å². The van der Waals surface area contributed by atoms with Crippen LogP contribution in [0.15, 0.2) is 36.4 Å². The van der Waals surface area contributed by atoms with Gasteiger partial charge in [-0.3, -0.25) is 4.79 Å². The minimum atomic E-state index is 0. The summed E-state index contributed by atoms with van der Waals surface area (Å²) in [6.07, 6.45) is 5.89. The minimum Gasteiger partial charge on any atom is -0.493 e. The number of hydrogen-bond acceptors (Lipinski definition) is 4. The van der Waals surface area contributed by atoms with Gasteiger partial charge in [0.25, 0.3) is 5.91 Å². The number of carbonyl (C=O) groups is 1. The largest absolute Gasteiger partial charge is 0.493 e. The van der Waals surface area contributed by atoms with E-state index in [4.69, 9.17) is 9.47 Å². The first-order valence-electron chi connectivity index (χ1n) is 10.6. The molecule has 1 amide bonds. The average molecular weight is 431 g/mol. The zero-order chi connectivity index (χ0) is 20.1. The van der Waals surface area contributed by atoms with E-state index in [1.807, 2.05) is 23.1 Å². The number of hydrogen-bond donors (Lipinski definition) is 1. The zero-order valence-electron chi connectivity index (χ0n) is 17.6. The molecule has 1 saturated heterocycles. The molecule has 2 aromatic carbocycles. The van der Waals surface area contributed by atoms with E-state index in [1.165, 1.54) is 36.0 Å². The normalized spacial score (nSPS) is 14.9. The van der Waals surface area contributed by atoms with Crippen molar-refractivity contribution in [2.75, 3.05) is 26.8 Å². The second kappa shape index (κ2) is 10.7. The third kappa shape index (κ3) is 5.46. The van der Waals surface area contributed by atoms with Gasteiger partial charge in [-0.1, -0.05) is 24.3 Å². The number of rotatable bonds is 8. The van der Waals surface area contributed by atoms with Gasteiger partial charge < -0.3 is 19.7 Å². The Kier molecular flexibility index (Phi) is 8.00. The van der Waals surface area contributed by atoms with E-state index in [0.717, 1.165) is 44.6 Å². The summed E-state index contributed by atoms with van der Waals surface area (Å²) in [6.45, 7) is 3.34. The quantitative estimate of drug-likeness (QED) is 0.690. The Morgan fingerprint density at radius 1 is 0.933 bits per heavy atom. The number of benzene rings is 2. The fourth-order valence-corrected chi connectivity index (χ4v) is 4.22. The number of carbonyl (C=O) groups excluding carboxylic acids is 1. The molecule has 0 unspecified atom stereocenters. The van der Waals surface area contributed by atoms with Crippen LogP contribution in [0, 0.1) is 0 Å². The molecule has 1 N–H and O–H groups in total. The van der Waals surface area contributed by atoms with Crippen LogP contribution in [0.1, 0.15) is 41.5 Å². The number of methoxy groups -OCH3 is 1. The van der Waals surface area contributed by atoms with E-state index < -0.39 is 0 Å². The van der Waals surface area contributed by atoms with Gasteiger partial charge in [-0.15, -0.1) is 12.4 Å². The molecule has 162 valence electrons. The number of fused-ring (bicyclic) bond motifs is 1. The van der Waals surface area contributed by atoms with Crippen LogP contribution in [0.5, 0.6) is 11.5 Å². The number of halogens is 1. The summed E-state index contributed by atoms with van der Waals surface area (Å²) in [6, 6.07) is 12.7. The number of nitrogens with zero attached hydrogens (tertiary/aromatic N) is 1. The molecule has 0 atom stereocenters. The number of aryl methyl sites for hydroxylation is 2. The molecule has 1 aliphatic heterocycles. The monoisotopic (exact) mass is 430 g/mol. The molecular weight excluding hydrogens is 400 g/mol. The first kappa shape index (κ1) is 22.4. The average Bonchev–Trinajstić information content (AvgIpc) is 3.44. The molecule has 0 radical (unpaired) electrons. The summed E-state index contributed by atoms with van der Waals surface area (Å²) in [7, 11) is 1.63. The van der Waals surface area contributed by atoms with Crippen molar-refractivity contribution in [2.45, 2.75) is 45.2 Å². The lowest BCUT2D eigenvalue weighted by Crippen LogP contribution is -2.32. The van der Waals surface area contributed by atoms with Crippen LogP contribution < -0.4 is 14.8 Å². The Labute approximate surface area is 185 Å². The Hall–Kier alpha value is -2.24. The smallest absolute Gasteiger partial charge is 0.260 e. The summed E-state index contributed by atoms with van der Waals surface area (Å²) < 4.78 is 11.2. The summed E-state index contributed by atoms with van der Waals surface area (Å²) in [5, 5.41) is 3.51. The van der Waals surface area contributed by atoms with Crippen LogP contribution in [0.2, 0.25) is 0 Å². The summed E-state index contributed by atoms with van der Waals surface area (Å²) in [5.74, 6) is 1.32. The molecule has 2 aliphatic rings. The Balaban J connectivity index is 0.00000256. The maximum absolute atomic E-state index is 12.2. The summed E-state index contributed by atoms with van der Waals surface area (Å²) >= 11 is 0. The molecular formula is C24H31ClN2O3. The molecule has 0 bridgehead atoms. The molecule has 1 fully saturated rings. The second-order valence-electron chi connectivity index (χ2n) is 7.92. The van der Waals surface area contributed by atoms with Gasteiger partial charge in [0.15, 0.2) is 18.1 Å². The van der Waals surface area contributed by atoms with Gasteiger partial charge in [0.1, 0.15) is 0 Å². The van der Waals surface area contributed by atoms with Crippen molar-refractivity contribution in [1.29, 1.82) is 0 Å². The maximum atomic E-state index is 12.2. The SMILES string of the molecule is COc1cc(CNCc2ccc3c(c2)CCC3)ccc1OCC(=O)N1CCCC1.Cl. The van der Waals surface area contributed by atoms with Crippen molar-refractivity contribution in [3.05, 3.63) is 58.7 Å². The molecule has 6 heteroatoms. The molecule has 30 heavy (non-hydrogen) atoms. The van der Waals surface area contributed by atoms with Crippen molar-refractivity contribution in [2.24, 2.45) is 0 Å². The van der Waals surface area contributed by atoms with E-state index in [-0.39, 0.29) is 24.9 Å². The van der Waals surface area contributed by atoms with Gasteiger partial charge in [0.2, 0.25) is 0 Å². The maximum Gasteiger partial charge on any atom is 0.260 e. The van der Waals surface area contributed by atoms with Crippen molar-refractivity contribution in [3.8, 4) is 11.5 Å². The molecule has 0 saturated carbocycles. The Morgan fingerprint density at radius 2 is 1.63 bits per heavy atom. The van der Waals surface area contributed by atoms with Crippen LogP contribution in [-0.2, 0) is 30.7 Å². The van der Waals surface area contributed by atoms with E-state index in [1.54, 1.807) is 7.11 Å². The summed E-state index contributed by atoms with van der Waals surface area (Å²) in [5.41, 5.74) is 5.48. The first-order chi connectivity index (χ1) is 14.2. The molecule has 2 aromatic rings. The molecule has 0 spiro atoms. The highest BCUT2D eigenvalue weighted by atomic mass is 35.5. The molecule has 0 aromatic heterocycles. The lowest BCUT2D eigenvalue weighted by atomic mass is 10.1. The predicted molar refractivity (Wildman–Crippen MR) is 121 cm³/mol. The van der Waals surface area contributed by atoms with Crippen molar-refractivity contribution in [3.63, 3.8) is 0 Å². The summed E-state index contributed by atoms with van der Waals surface area (Å²) in [4.78, 5) is 14.0. The fraction of sp³-hybridized carbons (Fsp3) is 0.458. The van der Waals surface area contributed by atoms with Crippen molar-refractivity contribution in [1.82, 2.24) is 10.2 Å². The molecule has 5 nitrogen and oxygen atoms in total. The van der Waals surface area contributed by atoms with Crippen LogP contribution in [-0.4, -0.2) is 37.6 Å². The van der Waals surface area contributed by atoms with E-state index in [9.17, 15) is 4.79 Å². The molecule has 1 heterocycles. The fourth-order valence-electron chi connectivity index (χ4n) is 4.22. The van der Waals surface area contributed by atoms with Gasteiger partial charge in [0, 0.05) is 26.2 Å². The first-order valence-corrected chi connectivity index (χ1v) is 10.6. The highest BCUT2D eigenvalue weighted by Gasteiger charge is 2.19. The van der Waals surface area contributed by atoms with Crippen LogP contribution in [0.4, 0.5) is 0 Å². The van der Waals surface area contributed by atoms with Crippen LogP contribution in [0.25, 0.3) is 0 Å². The topological polar surface area (TPSA) is 50.8 Å². The number of ether oxygens (including phenoxy) is 2. The minimum absolute atomic E-state index is 0. The van der Waals surface area contributed by atoms with Gasteiger partial charge >= 0.3 is 0 Å². The van der Waals surface area contributed by atoms with Crippen molar-refractivity contribution >= 4 is 18.3 Å². The van der Waals surface area contributed by atoms with E-state index >= 15 is 0 Å².